The Balaban J connectivity index is -0.0000000869. The number of likely N-dealkylation sites (tertiary alicyclic amines) is 1. The van der Waals surface area contributed by atoms with E-state index in [-0.39, 0.29) is 12.3 Å². The summed E-state index contributed by atoms with van der Waals surface area (Å²) in [6, 6.07) is 0. The molecule has 1 aliphatic rings. The third kappa shape index (κ3) is 44.4. The van der Waals surface area contributed by atoms with Crippen LogP contribution in [0.2, 0.25) is 0 Å². The molecule has 0 unspecified atom stereocenters. The normalized spacial score (nSPS) is 10.1. The third-order valence-electron chi connectivity index (χ3n) is 2.38. The maximum atomic E-state index is 10.7. The molecule has 1 saturated heterocycles. The standard InChI is InChI=1S/C6H9NO.C4H5Cl.C4H6O2.C4H6.C3H6O2.C2H4/c1-2-7-5-3-4-6(7)8;1-2-3-4-5;1-3-4(5)6-2;1-3-4-2;1-2-3(4)5;1-2/h2H,1,3-5H2;2-4H,1H2;3H,1H2,2H3;3-4H,1-2H2;2H2,1H3,(H,4,5);1-2H2. The minimum atomic E-state index is -0.745. The molecule has 1 rings (SSSR count). The Morgan fingerprint density at radius 3 is 1.67 bits per heavy atom. The average molecular weight is 442 g/mol. The first-order valence-corrected chi connectivity index (χ1v) is 9.15. The molecule has 1 amide bonds. The van der Waals surface area contributed by atoms with Crippen molar-refractivity contribution in [1.29, 1.82) is 0 Å². The Hall–Kier alpha value is -3.12. The summed E-state index contributed by atoms with van der Waals surface area (Å²) in [5.41, 5.74) is 1.41. The van der Waals surface area contributed by atoms with Gasteiger partial charge < -0.3 is 14.7 Å². The number of ether oxygens (including phenoxy) is 1. The molecule has 0 aliphatic carbocycles. The van der Waals surface area contributed by atoms with Crippen LogP contribution in [0.15, 0.2) is 88.2 Å². The molecule has 1 N–H and O–H groups in total. The number of esters is 1. The summed E-state index contributed by atoms with van der Waals surface area (Å²) in [6.45, 7) is 25.2. The van der Waals surface area contributed by atoms with Gasteiger partial charge in [0, 0.05) is 31.0 Å². The van der Waals surface area contributed by atoms with Gasteiger partial charge in [0.25, 0.3) is 0 Å². The number of carboxylic acids is 1. The van der Waals surface area contributed by atoms with E-state index in [1.54, 1.807) is 42.3 Å². The Labute approximate surface area is 186 Å². The van der Waals surface area contributed by atoms with Crippen LogP contribution in [-0.4, -0.2) is 41.5 Å². The van der Waals surface area contributed by atoms with E-state index in [9.17, 15) is 14.4 Å². The van der Waals surface area contributed by atoms with Gasteiger partial charge in [-0.25, -0.2) is 4.79 Å². The Morgan fingerprint density at radius 1 is 1.13 bits per heavy atom. The maximum Gasteiger partial charge on any atom is 0.329 e. The molecular weight excluding hydrogens is 406 g/mol. The van der Waals surface area contributed by atoms with E-state index in [1.807, 2.05) is 0 Å². The molecule has 0 aromatic heterocycles. The minimum Gasteiger partial charge on any atom is -0.481 e. The highest BCUT2D eigenvalue weighted by atomic mass is 35.5. The highest BCUT2D eigenvalue weighted by molar-refractivity contribution is 6.25. The first-order chi connectivity index (χ1) is 14.2. The molecule has 7 heteroatoms. The number of methoxy groups -OCH3 is 1. The predicted octanol–water partition coefficient (Wildman–Crippen LogP) is 5.66. The lowest BCUT2D eigenvalue weighted by molar-refractivity contribution is -0.137. The number of halogens is 1. The van der Waals surface area contributed by atoms with Crippen LogP contribution in [0.3, 0.4) is 0 Å². The van der Waals surface area contributed by atoms with Gasteiger partial charge in [0.05, 0.1) is 7.11 Å². The zero-order valence-corrected chi connectivity index (χ0v) is 19.0. The fraction of sp³-hybridized carbons (Fsp3) is 0.261. The van der Waals surface area contributed by atoms with Gasteiger partial charge in [-0.2, -0.15) is 0 Å². The molecule has 0 aromatic rings. The molecule has 0 atom stereocenters. The summed E-state index contributed by atoms with van der Waals surface area (Å²) < 4.78 is 4.14. The molecule has 170 valence electrons. The van der Waals surface area contributed by atoms with Crippen molar-refractivity contribution >= 4 is 29.4 Å². The van der Waals surface area contributed by atoms with E-state index in [1.165, 1.54) is 12.6 Å². The van der Waals surface area contributed by atoms with Crippen LogP contribution >= 0.6 is 11.6 Å². The van der Waals surface area contributed by atoms with Crippen molar-refractivity contribution in [3.8, 4) is 0 Å². The monoisotopic (exact) mass is 441 g/mol. The number of nitrogens with zero attached hydrogens (tertiary/aromatic N) is 1. The van der Waals surface area contributed by atoms with Gasteiger partial charge in [0.2, 0.25) is 5.91 Å². The Morgan fingerprint density at radius 2 is 1.60 bits per heavy atom. The largest absolute Gasteiger partial charge is 0.481 e. The lowest BCUT2D eigenvalue weighted by atomic mass is 10.4. The van der Waals surface area contributed by atoms with Crippen LogP contribution in [0.1, 0.15) is 26.2 Å². The molecule has 30 heavy (non-hydrogen) atoms. The van der Waals surface area contributed by atoms with Crippen molar-refractivity contribution in [2.45, 2.75) is 26.2 Å². The van der Waals surface area contributed by atoms with Crippen LogP contribution < -0.4 is 0 Å². The van der Waals surface area contributed by atoms with E-state index < -0.39 is 11.9 Å². The molecule has 0 spiro atoms. The highest BCUT2D eigenvalue weighted by Gasteiger charge is 2.15. The van der Waals surface area contributed by atoms with Crippen LogP contribution in [0.4, 0.5) is 0 Å². The van der Waals surface area contributed by atoms with Gasteiger partial charge in [-0.1, -0.05) is 75.7 Å². The van der Waals surface area contributed by atoms with Gasteiger partial charge in [0.1, 0.15) is 0 Å². The summed E-state index contributed by atoms with van der Waals surface area (Å²) in [4.78, 5) is 31.5. The molecular formula is C23H36ClNO5. The topological polar surface area (TPSA) is 83.9 Å². The number of carboxylic acid groups (broad SMARTS) is 1. The van der Waals surface area contributed by atoms with Gasteiger partial charge in [-0.05, 0) is 12.6 Å². The number of amides is 1. The van der Waals surface area contributed by atoms with Crippen LogP contribution in [0.5, 0.6) is 0 Å². The van der Waals surface area contributed by atoms with Crippen LogP contribution in [0.25, 0.3) is 0 Å². The Kier molecular flexibility index (Phi) is 46.1. The van der Waals surface area contributed by atoms with Crippen molar-refractivity contribution in [3.63, 3.8) is 0 Å². The number of carbonyl (C=O) groups is 3. The number of allylic oxidation sites excluding steroid dienone is 4. The van der Waals surface area contributed by atoms with Crippen molar-refractivity contribution < 1.29 is 24.2 Å². The van der Waals surface area contributed by atoms with E-state index in [2.05, 4.69) is 50.8 Å². The maximum absolute atomic E-state index is 10.7. The molecule has 0 aromatic carbocycles. The molecule has 6 nitrogen and oxygen atoms in total. The van der Waals surface area contributed by atoms with E-state index in [0.29, 0.717) is 6.42 Å². The zero-order chi connectivity index (χ0) is 24.8. The highest BCUT2D eigenvalue weighted by Crippen LogP contribution is 2.08. The molecule has 0 saturated carbocycles. The first kappa shape index (κ1) is 37.6. The molecule has 0 bridgehead atoms. The number of hydrogen-bond donors (Lipinski definition) is 1. The van der Waals surface area contributed by atoms with Crippen molar-refractivity contribution in [1.82, 2.24) is 4.90 Å². The number of rotatable bonds is 5. The SMILES string of the molecule is C=C.C=CC(=O)OC.C=CC=C.C=CC=CCl.C=CN1CCCC1=O.CCC(=O)O. The van der Waals surface area contributed by atoms with Crippen molar-refractivity contribution in [2.75, 3.05) is 13.7 Å². The number of carbonyl (C=O) groups excluding carboxylic acids is 2. The molecule has 1 fully saturated rings. The van der Waals surface area contributed by atoms with E-state index in [0.717, 1.165) is 19.0 Å². The summed E-state index contributed by atoms with van der Waals surface area (Å²) in [7, 11) is 1.31. The summed E-state index contributed by atoms with van der Waals surface area (Å²) in [5, 5.41) is 7.72. The summed E-state index contributed by atoms with van der Waals surface area (Å²) in [6.07, 6.45) is 11.2. The van der Waals surface area contributed by atoms with Crippen molar-refractivity contribution in [3.05, 3.63) is 88.2 Å². The second-order valence-electron chi connectivity index (χ2n) is 4.37. The average Bonchev–Trinajstić information content (AvgIpc) is 3.21. The molecule has 0 radical (unpaired) electrons. The minimum absolute atomic E-state index is 0.208. The van der Waals surface area contributed by atoms with Gasteiger partial charge >= 0.3 is 11.9 Å². The summed E-state index contributed by atoms with van der Waals surface area (Å²) in [5.74, 6) is -0.931. The van der Waals surface area contributed by atoms with Crippen molar-refractivity contribution in [2.24, 2.45) is 0 Å². The zero-order valence-electron chi connectivity index (χ0n) is 18.2. The number of hydrogen-bond acceptors (Lipinski definition) is 4. The summed E-state index contributed by atoms with van der Waals surface area (Å²) >= 11 is 5.05. The fourth-order valence-electron chi connectivity index (χ4n) is 0.997. The fourth-order valence-corrected chi connectivity index (χ4v) is 1.10. The van der Waals surface area contributed by atoms with Crippen LogP contribution in [-0.2, 0) is 19.1 Å². The quantitative estimate of drug-likeness (QED) is 0.257. The van der Waals surface area contributed by atoms with Gasteiger partial charge in [-0.3, -0.25) is 9.59 Å². The number of aliphatic carboxylic acids is 1. The Bertz CT molecular complexity index is 522. The third-order valence-corrected chi connectivity index (χ3v) is 2.52. The first-order valence-electron chi connectivity index (χ1n) is 8.71. The van der Waals surface area contributed by atoms with E-state index >= 15 is 0 Å². The second kappa shape index (κ2) is 36.7. The van der Waals surface area contributed by atoms with Crippen LogP contribution in [0, 0.1) is 0 Å². The smallest absolute Gasteiger partial charge is 0.329 e. The molecule has 1 aliphatic heterocycles. The van der Waals surface area contributed by atoms with Gasteiger partial charge in [0.15, 0.2) is 0 Å². The second-order valence-corrected chi connectivity index (χ2v) is 4.63. The lowest BCUT2D eigenvalue weighted by Gasteiger charge is -2.05. The lowest BCUT2D eigenvalue weighted by Crippen LogP contribution is -2.16. The van der Waals surface area contributed by atoms with E-state index in [4.69, 9.17) is 16.7 Å². The van der Waals surface area contributed by atoms with Gasteiger partial charge in [-0.15, -0.1) is 13.2 Å². The molecule has 1 heterocycles. The predicted molar refractivity (Wildman–Crippen MR) is 128 cm³/mol.